The average Bonchev–Trinajstić information content (AvgIpc) is 3.19. The Hall–Kier alpha value is -5.74. The van der Waals surface area contributed by atoms with Crippen LogP contribution in [0.25, 0.3) is 66.8 Å². The Bertz CT molecular complexity index is 2570. The van der Waals surface area contributed by atoms with Gasteiger partial charge in [-0.25, -0.2) is 19.9 Å². The molecule has 0 atom stereocenters. The van der Waals surface area contributed by atoms with Gasteiger partial charge < -0.3 is 5.11 Å². The fraction of sp³-hybridized carbons (Fsp3) is 0.216. The molecule has 7 rings (SSSR count). The van der Waals surface area contributed by atoms with E-state index >= 15 is 0 Å². The van der Waals surface area contributed by atoms with Crippen LogP contribution in [0, 0.1) is 11.8 Å². The molecule has 57 heavy (non-hydrogen) atoms. The summed E-state index contributed by atoms with van der Waals surface area (Å²) in [5, 5.41) is 10.4. The van der Waals surface area contributed by atoms with Gasteiger partial charge in [0, 0.05) is 57.1 Å². The van der Waals surface area contributed by atoms with Crippen LogP contribution in [0.3, 0.4) is 0 Å². The lowest BCUT2D eigenvalue weighted by atomic mass is 9.74. The SMILES string of the molecule is CC(C)(O)C#Cc1ccc(-c2c(-c3ccc(Br)cc3)c(-c3ccc(C(C)(C)C)cc3)c(-c3cncnc3)c(-c3cncnc3)c2-c2ccc(C(C)(C)C)cc2)cc1. The first-order chi connectivity index (χ1) is 27.1. The molecule has 0 fully saturated rings. The van der Waals surface area contributed by atoms with Crippen LogP contribution in [0.4, 0.5) is 0 Å². The highest BCUT2D eigenvalue weighted by Gasteiger charge is 2.30. The normalized spacial score (nSPS) is 11.9. The Balaban J connectivity index is 1.74. The maximum Gasteiger partial charge on any atom is 0.120 e. The highest BCUT2D eigenvalue weighted by Crippen LogP contribution is 2.56. The second-order valence-corrected chi connectivity index (χ2v) is 18.0. The predicted molar refractivity (Wildman–Crippen MR) is 239 cm³/mol. The van der Waals surface area contributed by atoms with Gasteiger partial charge in [0.05, 0.1) is 0 Å². The van der Waals surface area contributed by atoms with Crippen molar-refractivity contribution in [3.05, 3.63) is 156 Å². The lowest BCUT2D eigenvalue weighted by Gasteiger charge is -2.29. The van der Waals surface area contributed by atoms with Crippen LogP contribution in [0.5, 0.6) is 0 Å². The summed E-state index contributed by atoms with van der Waals surface area (Å²) in [5.41, 5.74) is 14.2. The minimum atomic E-state index is -1.11. The summed E-state index contributed by atoms with van der Waals surface area (Å²) < 4.78 is 0.992. The molecular formula is C51H47BrN4O. The van der Waals surface area contributed by atoms with Crippen LogP contribution >= 0.6 is 15.9 Å². The number of aromatic nitrogens is 4. The molecule has 5 nitrogen and oxygen atoms in total. The third kappa shape index (κ3) is 8.66. The highest BCUT2D eigenvalue weighted by molar-refractivity contribution is 9.10. The van der Waals surface area contributed by atoms with Crippen LogP contribution in [0.2, 0.25) is 0 Å². The minimum Gasteiger partial charge on any atom is -0.378 e. The van der Waals surface area contributed by atoms with Crippen molar-refractivity contribution in [3.63, 3.8) is 0 Å². The van der Waals surface area contributed by atoms with Gasteiger partial charge in [0.1, 0.15) is 18.3 Å². The van der Waals surface area contributed by atoms with Crippen molar-refractivity contribution in [2.75, 3.05) is 0 Å². The second kappa shape index (κ2) is 15.7. The molecule has 5 aromatic carbocycles. The molecule has 0 radical (unpaired) electrons. The number of rotatable bonds is 6. The molecule has 2 heterocycles. The lowest BCUT2D eigenvalue weighted by Crippen LogP contribution is -2.14. The van der Waals surface area contributed by atoms with Gasteiger partial charge in [-0.2, -0.15) is 0 Å². The molecule has 0 saturated heterocycles. The predicted octanol–water partition coefficient (Wildman–Crippen LogP) is 12.7. The van der Waals surface area contributed by atoms with Crippen molar-refractivity contribution in [2.24, 2.45) is 0 Å². The number of hydrogen-bond acceptors (Lipinski definition) is 5. The summed E-state index contributed by atoms with van der Waals surface area (Å²) in [6, 6.07) is 34.9. The van der Waals surface area contributed by atoms with Crippen LogP contribution in [0.15, 0.2) is 139 Å². The van der Waals surface area contributed by atoms with Crippen molar-refractivity contribution in [1.29, 1.82) is 0 Å². The molecule has 2 aromatic heterocycles. The Labute approximate surface area is 345 Å². The quantitative estimate of drug-likeness (QED) is 0.169. The van der Waals surface area contributed by atoms with E-state index in [0.29, 0.717) is 0 Å². The van der Waals surface area contributed by atoms with Gasteiger partial charge in [0.15, 0.2) is 0 Å². The first-order valence-electron chi connectivity index (χ1n) is 19.2. The number of nitrogens with zero attached hydrogens (tertiary/aromatic N) is 4. The Morgan fingerprint density at radius 1 is 0.421 bits per heavy atom. The number of aliphatic hydroxyl groups is 1. The van der Waals surface area contributed by atoms with Crippen LogP contribution < -0.4 is 0 Å². The first kappa shape index (κ1) is 39.5. The summed E-state index contributed by atoms with van der Waals surface area (Å²) in [4.78, 5) is 18.3. The molecule has 6 heteroatoms. The van der Waals surface area contributed by atoms with Crippen molar-refractivity contribution in [3.8, 4) is 78.6 Å². The molecule has 0 bridgehead atoms. The summed E-state index contributed by atoms with van der Waals surface area (Å²) in [5.74, 6) is 6.14. The molecule has 0 aliphatic carbocycles. The van der Waals surface area contributed by atoms with E-state index < -0.39 is 5.60 Å². The topological polar surface area (TPSA) is 71.8 Å². The number of halogens is 1. The van der Waals surface area contributed by atoms with Gasteiger partial charge in [-0.1, -0.05) is 142 Å². The van der Waals surface area contributed by atoms with Gasteiger partial charge in [-0.3, -0.25) is 0 Å². The van der Waals surface area contributed by atoms with E-state index in [4.69, 9.17) is 0 Å². The fourth-order valence-corrected chi connectivity index (χ4v) is 7.44. The zero-order valence-corrected chi connectivity index (χ0v) is 35.4. The monoisotopic (exact) mass is 810 g/mol. The Kier molecular flexibility index (Phi) is 10.8. The smallest absolute Gasteiger partial charge is 0.120 e. The second-order valence-electron chi connectivity index (χ2n) is 17.1. The van der Waals surface area contributed by atoms with Gasteiger partial charge in [-0.15, -0.1) is 0 Å². The van der Waals surface area contributed by atoms with E-state index in [0.717, 1.165) is 76.8 Å². The Morgan fingerprint density at radius 3 is 1.04 bits per heavy atom. The maximum atomic E-state index is 10.4. The molecule has 0 spiro atoms. The summed E-state index contributed by atoms with van der Waals surface area (Å²) >= 11 is 3.71. The van der Waals surface area contributed by atoms with Crippen molar-refractivity contribution >= 4 is 15.9 Å². The summed E-state index contributed by atoms with van der Waals surface area (Å²) in [6.07, 6.45) is 10.7. The zero-order chi connectivity index (χ0) is 40.5. The first-order valence-corrected chi connectivity index (χ1v) is 20.0. The van der Waals surface area contributed by atoms with Crippen LogP contribution in [-0.2, 0) is 10.8 Å². The van der Waals surface area contributed by atoms with Gasteiger partial charge in [0.25, 0.3) is 0 Å². The van der Waals surface area contributed by atoms with E-state index in [1.807, 2.05) is 36.9 Å². The highest BCUT2D eigenvalue weighted by atomic mass is 79.9. The molecule has 0 aliphatic rings. The average molecular weight is 812 g/mol. The van der Waals surface area contributed by atoms with Crippen molar-refractivity contribution < 1.29 is 5.11 Å². The molecular weight excluding hydrogens is 764 g/mol. The standard InChI is InChI=1S/C51H47BrN4O/c1-49(2,3)40-19-13-35(14-20-40)45-43(34-11-9-33(10-12-34)25-26-51(7,8)57)44(37-17-23-42(52)24-18-37)46(36-15-21-41(22-16-36)50(4,5)6)48(39-29-55-32-56-30-39)47(45)38-27-53-31-54-28-38/h9-24,27-32,57H,1-8H3. The van der Waals surface area contributed by atoms with Crippen molar-refractivity contribution in [1.82, 2.24) is 19.9 Å². The molecule has 0 unspecified atom stereocenters. The van der Waals surface area contributed by atoms with Gasteiger partial charge in [0.2, 0.25) is 0 Å². The molecule has 284 valence electrons. The molecule has 0 saturated carbocycles. The maximum absolute atomic E-state index is 10.4. The Morgan fingerprint density at radius 2 is 0.719 bits per heavy atom. The molecule has 1 N–H and O–H groups in total. The van der Waals surface area contributed by atoms with Crippen LogP contribution in [-0.4, -0.2) is 30.6 Å². The van der Waals surface area contributed by atoms with E-state index in [1.54, 1.807) is 26.5 Å². The van der Waals surface area contributed by atoms with Gasteiger partial charge >= 0.3 is 0 Å². The van der Waals surface area contributed by atoms with Gasteiger partial charge in [-0.05, 0) is 105 Å². The third-order valence-electron chi connectivity index (χ3n) is 10.1. The number of hydrogen-bond donors (Lipinski definition) is 1. The number of benzene rings is 5. The fourth-order valence-electron chi connectivity index (χ4n) is 7.17. The molecule has 0 aliphatic heterocycles. The largest absolute Gasteiger partial charge is 0.378 e. The van der Waals surface area contributed by atoms with E-state index in [-0.39, 0.29) is 10.8 Å². The van der Waals surface area contributed by atoms with E-state index in [9.17, 15) is 5.11 Å². The molecule has 0 amide bonds. The van der Waals surface area contributed by atoms with Crippen LogP contribution in [0.1, 0.15) is 72.1 Å². The molecule has 7 aromatic rings. The van der Waals surface area contributed by atoms with E-state index in [1.165, 1.54) is 11.1 Å². The minimum absolute atomic E-state index is 0.0280. The summed E-state index contributed by atoms with van der Waals surface area (Å²) in [6.45, 7) is 16.8. The third-order valence-corrected chi connectivity index (χ3v) is 10.6. The summed E-state index contributed by atoms with van der Waals surface area (Å²) in [7, 11) is 0. The lowest BCUT2D eigenvalue weighted by molar-refractivity contribution is 0.143. The zero-order valence-electron chi connectivity index (χ0n) is 33.8. The van der Waals surface area contributed by atoms with Crippen molar-refractivity contribution in [2.45, 2.75) is 71.8 Å². The van der Waals surface area contributed by atoms with E-state index in [2.05, 4.69) is 174 Å².